The molecule has 4 aromatic carbocycles. The molecule has 0 heterocycles. The SMILES string of the molecule is C1=C2CC=c3cccc4c3c2c2c1ccc1cccc4c12. The molecular weight excluding hydrogens is 252 g/mol. The van der Waals surface area contributed by atoms with Gasteiger partial charge < -0.3 is 0 Å². The van der Waals surface area contributed by atoms with Crippen molar-refractivity contribution in [3.05, 3.63) is 64.9 Å². The van der Waals surface area contributed by atoms with E-state index in [0.717, 1.165) is 6.42 Å². The molecule has 6 rings (SSSR count). The van der Waals surface area contributed by atoms with Crippen LogP contribution in [0.4, 0.5) is 0 Å². The first-order valence-electron chi connectivity index (χ1n) is 7.53. The molecule has 0 heteroatoms. The van der Waals surface area contributed by atoms with Crippen LogP contribution < -0.4 is 5.22 Å². The van der Waals surface area contributed by atoms with E-state index in [-0.39, 0.29) is 0 Å². The van der Waals surface area contributed by atoms with Gasteiger partial charge in [-0.3, -0.25) is 0 Å². The van der Waals surface area contributed by atoms with Crippen molar-refractivity contribution in [1.82, 2.24) is 0 Å². The third-order valence-corrected chi connectivity index (χ3v) is 5.16. The van der Waals surface area contributed by atoms with Gasteiger partial charge >= 0.3 is 0 Å². The molecule has 4 aromatic rings. The van der Waals surface area contributed by atoms with Gasteiger partial charge in [-0.1, -0.05) is 60.7 Å². The molecule has 0 unspecified atom stereocenters. The van der Waals surface area contributed by atoms with Crippen LogP contribution in [0, 0.1) is 0 Å². The number of rotatable bonds is 0. The summed E-state index contributed by atoms with van der Waals surface area (Å²) < 4.78 is 0. The van der Waals surface area contributed by atoms with Gasteiger partial charge in [0.2, 0.25) is 0 Å². The highest BCUT2D eigenvalue weighted by molar-refractivity contribution is 6.31. The Bertz CT molecular complexity index is 1190. The summed E-state index contributed by atoms with van der Waals surface area (Å²) in [6.45, 7) is 0. The molecule has 0 saturated carbocycles. The molecule has 0 radical (unpaired) electrons. The third kappa shape index (κ3) is 1.03. The Hall–Kier alpha value is -2.60. The molecule has 0 spiro atoms. The lowest BCUT2D eigenvalue weighted by molar-refractivity contribution is 1.47. The normalized spacial score (nSPS) is 15.1. The molecule has 0 atom stereocenters. The van der Waals surface area contributed by atoms with Crippen LogP contribution in [0.1, 0.15) is 17.5 Å². The number of hydrogen-bond acceptors (Lipinski definition) is 0. The summed E-state index contributed by atoms with van der Waals surface area (Å²) in [6, 6.07) is 18.0. The van der Waals surface area contributed by atoms with Gasteiger partial charge in [0.15, 0.2) is 0 Å². The lowest BCUT2D eigenvalue weighted by Crippen LogP contribution is -2.08. The number of hydrogen-bond donors (Lipinski definition) is 0. The number of benzene rings is 4. The Morgan fingerprint density at radius 2 is 1.57 bits per heavy atom. The first kappa shape index (κ1) is 10.2. The summed E-state index contributed by atoms with van der Waals surface area (Å²) >= 11 is 0. The summed E-state index contributed by atoms with van der Waals surface area (Å²) in [5, 5.41) is 9.95. The van der Waals surface area contributed by atoms with Gasteiger partial charge in [-0.25, -0.2) is 0 Å². The second-order valence-corrected chi connectivity index (χ2v) is 6.16. The summed E-state index contributed by atoms with van der Waals surface area (Å²) in [4.78, 5) is 0. The third-order valence-electron chi connectivity index (χ3n) is 5.16. The van der Waals surface area contributed by atoms with Crippen molar-refractivity contribution in [2.75, 3.05) is 0 Å². The van der Waals surface area contributed by atoms with Crippen LogP contribution in [0.2, 0.25) is 0 Å². The minimum absolute atomic E-state index is 1.06. The molecule has 0 nitrogen and oxygen atoms in total. The lowest BCUT2D eigenvalue weighted by Gasteiger charge is -2.17. The molecule has 0 saturated heterocycles. The van der Waals surface area contributed by atoms with Crippen LogP contribution in [0.5, 0.6) is 0 Å². The van der Waals surface area contributed by atoms with Gasteiger partial charge in [-0.2, -0.15) is 0 Å². The Morgan fingerprint density at radius 3 is 2.52 bits per heavy atom. The van der Waals surface area contributed by atoms with Crippen molar-refractivity contribution in [1.29, 1.82) is 0 Å². The van der Waals surface area contributed by atoms with E-state index < -0.39 is 0 Å². The van der Waals surface area contributed by atoms with Gasteiger partial charge in [0.25, 0.3) is 0 Å². The van der Waals surface area contributed by atoms with Gasteiger partial charge in [-0.05, 0) is 60.7 Å². The van der Waals surface area contributed by atoms with Gasteiger partial charge in [0.05, 0.1) is 0 Å². The maximum absolute atomic E-state index is 2.39. The van der Waals surface area contributed by atoms with Crippen molar-refractivity contribution in [3.8, 4) is 0 Å². The van der Waals surface area contributed by atoms with Gasteiger partial charge in [0, 0.05) is 0 Å². The van der Waals surface area contributed by atoms with Crippen molar-refractivity contribution >= 4 is 50.0 Å². The zero-order valence-electron chi connectivity index (χ0n) is 11.5. The molecule has 0 aromatic heterocycles. The molecule has 0 bridgehead atoms. The highest BCUT2D eigenvalue weighted by atomic mass is 14.3. The number of fused-ring (bicyclic) bond motifs is 1. The number of allylic oxidation sites excluding steroid dienone is 1. The summed E-state index contributed by atoms with van der Waals surface area (Å²) in [5.74, 6) is 0. The lowest BCUT2D eigenvalue weighted by atomic mass is 9.86. The Balaban J connectivity index is 2.15. The van der Waals surface area contributed by atoms with Crippen LogP contribution in [-0.2, 0) is 0 Å². The van der Waals surface area contributed by atoms with Gasteiger partial charge in [0.1, 0.15) is 0 Å². The average molecular weight is 264 g/mol. The molecule has 96 valence electrons. The van der Waals surface area contributed by atoms with Crippen LogP contribution in [0.15, 0.2) is 48.5 Å². The second kappa shape index (κ2) is 3.17. The molecule has 0 fully saturated rings. The van der Waals surface area contributed by atoms with E-state index in [1.54, 1.807) is 0 Å². The molecule has 2 aliphatic rings. The minimum Gasteiger partial charge on any atom is -0.0722 e. The smallest absolute Gasteiger partial charge is 0.00171 e. The van der Waals surface area contributed by atoms with E-state index in [2.05, 4.69) is 60.7 Å². The average Bonchev–Trinajstić information content (AvgIpc) is 2.93. The van der Waals surface area contributed by atoms with Gasteiger partial charge in [-0.15, -0.1) is 0 Å². The summed E-state index contributed by atoms with van der Waals surface area (Å²) in [5.41, 5.74) is 4.39. The van der Waals surface area contributed by atoms with Crippen LogP contribution in [-0.4, -0.2) is 0 Å². The first-order valence-corrected chi connectivity index (χ1v) is 7.53. The van der Waals surface area contributed by atoms with Crippen molar-refractivity contribution in [2.24, 2.45) is 0 Å². The largest absolute Gasteiger partial charge is 0.0722 e. The van der Waals surface area contributed by atoms with Crippen molar-refractivity contribution < 1.29 is 0 Å². The molecule has 21 heavy (non-hydrogen) atoms. The molecule has 0 amide bonds. The van der Waals surface area contributed by atoms with E-state index in [1.807, 2.05) is 0 Å². The minimum atomic E-state index is 1.06. The standard InChI is InChI=1S/C21H12/c1-3-12-7-9-14-11-15-10-8-13-4-2-6-17-16(5-1)18(12)20(14)21(15)19(13)17/h1-9,11H,10H2. The summed E-state index contributed by atoms with van der Waals surface area (Å²) in [7, 11) is 0. The van der Waals surface area contributed by atoms with E-state index in [1.165, 1.54) is 54.2 Å². The predicted octanol–water partition coefficient (Wildman–Crippen LogP) is 4.90. The highest BCUT2D eigenvalue weighted by Gasteiger charge is 2.24. The quantitative estimate of drug-likeness (QED) is 0.313. The van der Waals surface area contributed by atoms with E-state index >= 15 is 0 Å². The Morgan fingerprint density at radius 1 is 0.714 bits per heavy atom. The molecule has 0 N–H and O–H groups in total. The molecule has 2 aliphatic carbocycles. The molecule has 0 aliphatic heterocycles. The highest BCUT2D eigenvalue weighted by Crippen LogP contribution is 2.47. The Labute approximate surface area is 122 Å². The maximum Gasteiger partial charge on any atom is -0.00171 e. The maximum atomic E-state index is 2.39. The molecular formula is C21H12. The summed E-state index contributed by atoms with van der Waals surface area (Å²) in [6.07, 6.45) is 5.83. The van der Waals surface area contributed by atoms with Crippen molar-refractivity contribution in [3.63, 3.8) is 0 Å². The zero-order valence-corrected chi connectivity index (χ0v) is 11.5. The van der Waals surface area contributed by atoms with Crippen LogP contribution in [0.25, 0.3) is 50.0 Å². The fourth-order valence-corrected chi connectivity index (χ4v) is 4.34. The van der Waals surface area contributed by atoms with E-state index in [9.17, 15) is 0 Å². The monoisotopic (exact) mass is 264 g/mol. The fourth-order valence-electron chi connectivity index (χ4n) is 4.34. The fraction of sp³-hybridized carbons (Fsp3) is 0.0476. The first-order chi connectivity index (χ1) is 10.4. The Kier molecular flexibility index (Phi) is 1.54. The topological polar surface area (TPSA) is 0 Å². The van der Waals surface area contributed by atoms with Crippen molar-refractivity contribution in [2.45, 2.75) is 6.42 Å². The van der Waals surface area contributed by atoms with Crippen LogP contribution in [0.3, 0.4) is 0 Å². The predicted molar refractivity (Wildman–Crippen MR) is 91.1 cm³/mol. The van der Waals surface area contributed by atoms with Crippen LogP contribution >= 0.6 is 0 Å². The second-order valence-electron chi connectivity index (χ2n) is 6.16. The van der Waals surface area contributed by atoms with E-state index in [4.69, 9.17) is 0 Å². The zero-order chi connectivity index (χ0) is 13.6. The van der Waals surface area contributed by atoms with E-state index in [0.29, 0.717) is 0 Å².